The van der Waals surface area contributed by atoms with Crippen molar-refractivity contribution in [3.8, 4) is 5.75 Å². The molecule has 0 bridgehead atoms. The first-order valence-electron chi connectivity index (χ1n) is 7.98. The molecule has 1 heterocycles. The van der Waals surface area contributed by atoms with Crippen molar-refractivity contribution >= 4 is 28.8 Å². The summed E-state index contributed by atoms with van der Waals surface area (Å²) in [5.41, 5.74) is 0.917. The van der Waals surface area contributed by atoms with E-state index in [1.54, 1.807) is 6.07 Å². The normalized spacial score (nSPS) is 12.3. The van der Waals surface area contributed by atoms with Crippen molar-refractivity contribution in [1.82, 2.24) is 5.32 Å². The Kier molecular flexibility index (Phi) is 7.79. The maximum absolute atomic E-state index is 12.1. The van der Waals surface area contributed by atoms with Crippen molar-refractivity contribution < 1.29 is 37.3 Å². The van der Waals surface area contributed by atoms with E-state index in [1.165, 1.54) is 23.5 Å². The summed E-state index contributed by atoms with van der Waals surface area (Å²) >= 11 is 1.43. The minimum absolute atomic E-state index is 0.00134. The number of aliphatic hydroxyl groups is 1. The van der Waals surface area contributed by atoms with E-state index in [-0.39, 0.29) is 25.4 Å². The zero-order chi connectivity index (χ0) is 20.6. The van der Waals surface area contributed by atoms with Crippen LogP contribution < -0.4 is 15.4 Å². The maximum atomic E-state index is 12.1. The molecule has 0 aliphatic heterocycles. The van der Waals surface area contributed by atoms with E-state index in [2.05, 4.69) is 15.4 Å². The fraction of sp³-hybridized carbons (Fsp3) is 0.294. The number of benzene rings is 1. The van der Waals surface area contributed by atoms with E-state index in [0.717, 1.165) is 17.7 Å². The first kappa shape index (κ1) is 21.7. The van der Waals surface area contributed by atoms with Crippen molar-refractivity contribution in [2.24, 2.45) is 0 Å². The molecular weight excluding hydrogens is 401 g/mol. The molecule has 1 aromatic heterocycles. The monoisotopic (exact) mass is 418 g/mol. The lowest BCUT2D eigenvalue weighted by atomic mass is 10.2. The van der Waals surface area contributed by atoms with Gasteiger partial charge in [0.1, 0.15) is 11.9 Å². The molecule has 3 N–H and O–H groups in total. The average Bonchev–Trinajstić information content (AvgIpc) is 3.16. The van der Waals surface area contributed by atoms with Gasteiger partial charge >= 0.3 is 18.2 Å². The highest BCUT2D eigenvalue weighted by molar-refractivity contribution is 7.07. The molecule has 0 aliphatic carbocycles. The Bertz CT molecular complexity index is 766. The van der Waals surface area contributed by atoms with E-state index >= 15 is 0 Å². The summed E-state index contributed by atoms with van der Waals surface area (Å²) in [7, 11) is 0. The number of hydrogen-bond donors (Lipinski definition) is 3. The number of amides is 2. The van der Waals surface area contributed by atoms with E-state index in [1.807, 2.05) is 10.8 Å². The fourth-order valence-corrected chi connectivity index (χ4v) is 2.82. The van der Waals surface area contributed by atoms with Gasteiger partial charge in [0, 0.05) is 12.2 Å². The lowest BCUT2D eigenvalue weighted by Crippen LogP contribution is -2.38. The van der Waals surface area contributed by atoms with Gasteiger partial charge in [-0.2, -0.15) is 11.3 Å². The summed E-state index contributed by atoms with van der Waals surface area (Å²) in [4.78, 5) is 23.9. The zero-order valence-electron chi connectivity index (χ0n) is 14.4. The number of hydrogen-bond acceptors (Lipinski definition) is 6. The van der Waals surface area contributed by atoms with Gasteiger partial charge in [0.2, 0.25) is 0 Å². The van der Waals surface area contributed by atoms with Crippen LogP contribution in [0.2, 0.25) is 0 Å². The SMILES string of the molecule is O=C(NCC(OCCO)c1ccsc1)C(=O)Nc1ccc(OC(F)(F)F)cc1. The molecule has 7 nitrogen and oxygen atoms in total. The zero-order valence-corrected chi connectivity index (χ0v) is 15.2. The second-order valence-corrected chi connectivity index (χ2v) is 6.16. The number of nitrogens with one attached hydrogen (secondary N) is 2. The summed E-state index contributed by atoms with van der Waals surface area (Å²) in [6.07, 6.45) is -5.35. The molecule has 2 amide bonds. The largest absolute Gasteiger partial charge is 0.573 e. The highest BCUT2D eigenvalue weighted by Gasteiger charge is 2.31. The van der Waals surface area contributed by atoms with Crippen molar-refractivity contribution in [2.45, 2.75) is 12.5 Å². The number of ether oxygens (including phenoxy) is 2. The molecule has 0 fully saturated rings. The summed E-state index contributed by atoms with van der Waals surface area (Å²) in [5, 5.41) is 17.2. The highest BCUT2D eigenvalue weighted by Crippen LogP contribution is 2.24. The molecule has 1 aromatic carbocycles. The molecule has 0 spiro atoms. The number of aliphatic hydroxyl groups excluding tert-OH is 1. The predicted octanol–water partition coefficient (Wildman–Crippen LogP) is 2.45. The smallest absolute Gasteiger partial charge is 0.406 e. The van der Waals surface area contributed by atoms with Gasteiger partial charge in [-0.15, -0.1) is 13.2 Å². The molecule has 0 saturated heterocycles. The van der Waals surface area contributed by atoms with Crippen LogP contribution in [0.5, 0.6) is 5.75 Å². The lowest BCUT2D eigenvalue weighted by molar-refractivity contribution is -0.274. The van der Waals surface area contributed by atoms with Gasteiger partial charge in [0.25, 0.3) is 0 Å². The number of anilines is 1. The molecule has 0 radical (unpaired) electrons. The molecule has 1 unspecified atom stereocenters. The van der Waals surface area contributed by atoms with Crippen LogP contribution in [0.4, 0.5) is 18.9 Å². The second-order valence-electron chi connectivity index (χ2n) is 5.38. The molecule has 28 heavy (non-hydrogen) atoms. The minimum atomic E-state index is -4.82. The predicted molar refractivity (Wildman–Crippen MR) is 94.9 cm³/mol. The molecule has 11 heteroatoms. The Morgan fingerprint density at radius 2 is 1.86 bits per heavy atom. The third kappa shape index (κ3) is 7.18. The van der Waals surface area contributed by atoms with E-state index < -0.39 is 30.0 Å². The number of carbonyl (C=O) groups is 2. The van der Waals surface area contributed by atoms with Crippen LogP contribution in [0.1, 0.15) is 11.7 Å². The number of rotatable bonds is 8. The lowest BCUT2D eigenvalue weighted by Gasteiger charge is -2.17. The fourth-order valence-electron chi connectivity index (χ4n) is 2.12. The molecule has 2 aromatic rings. The van der Waals surface area contributed by atoms with Crippen molar-refractivity contribution in [3.63, 3.8) is 0 Å². The van der Waals surface area contributed by atoms with Gasteiger partial charge in [-0.3, -0.25) is 9.59 Å². The first-order chi connectivity index (χ1) is 13.3. The summed E-state index contributed by atoms with van der Waals surface area (Å²) in [6.45, 7) is -0.126. The van der Waals surface area contributed by atoms with E-state index in [0.29, 0.717) is 0 Å². The standard InChI is InChI=1S/C17H17F3N2O5S/c18-17(19,20)27-13-3-1-12(2-4-13)22-16(25)15(24)21-9-14(26-7-6-23)11-5-8-28-10-11/h1-5,8,10,14,23H,6-7,9H2,(H,21,24)(H,22,25). The van der Waals surface area contributed by atoms with Gasteiger partial charge in [0.05, 0.1) is 13.2 Å². The minimum Gasteiger partial charge on any atom is -0.406 e. The summed E-state index contributed by atoms with van der Waals surface area (Å²) < 4.78 is 45.5. The van der Waals surface area contributed by atoms with Crippen LogP contribution in [0.15, 0.2) is 41.1 Å². The molecular formula is C17H17F3N2O5S. The van der Waals surface area contributed by atoms with Crippen LogP contribution in [0, 0.1) is 0 Å². The molecule has 0 aliphatic rings. The number of carbonyl (C=O) groups excluding carboxylic acids is 2. The number of thiophene rings is 1. The first-order valence-corrected chi connectivity index (χ1v) is 8.92. The van der Waals surface area contributed by atoms with Gasteiger partial charge in [0.15, 0.2) is 0 Å². The van der Waals surface area contributed by atoms with Crippen LogP contribution in [-0.2, 0) is 14.3 Å². The molecule has 0 saturated carbocycles. The van der Waals surface area contributed by atoms with Crippen molar-refractivity contribution in [3.05, 3.63) is 46.7 Å². The van der Waals surface area contributed by atoms with Crippen LogP contribution in [0.3, 0.4) is 0 Å². The van der Waals surface area contributed by atoms with Gasteiger partial charge in [-0.05, 0) is 46.7 Å². The Labute approximate surface area is 162 Å². The number of halogens is 3. The van der Waals surface area contributed by atoms with Crippen LogP contribution in [0.25, 0.3) is 0 Å². The van der Waals surface area contributed by atoms with E-state index in [4.69, 9.17) is 9.84 Å². The number of alkyl halides is 3. The van der Waals surface area contributed by atoms with Crippen LogP contribution >= 0.6 is 11.3 Å². The van der Waals surface area contributed by atoms with Crippen molar-refractivity contribution in [1.29, 1.82) is 0 Å². The molecule has 2 rings (SSSR count). The van der Waals surface area contributed by atoms with E-state index in [9.17, 15) is 22.8 Å². The Balaban J connectivity index is 1.87. The van der Waals surface area contributed by atoms with Crippen molar-refractivity contribution in [2.75, 3.05) is 25.1 Å². The second kappa shape index (κ2) is 10.1. The summed E-state index contributed by atoms with van der Waals surface area (Å²) in [6, 6.07) is 6.16. The topological polar surface area (TPSA) is 96.9 Å². The van der Waals surface area contributed by atoms with Gasteiger partial charge < -0.3 is 25.2 Å². The Morgan fingerprint density at radius 3 is 2.43 bits per heavy atom. The average molecular weight is 418 g/mol. The van der Waals surface area contributed by atoms with Gasteiger partial charge in [-0.25, -0.2) is 0 Å². The third-order valence-corrected chi connectivity index (χ3v) is 4.03. The summed E-state index contributed by atoms with van der Waals surface area (Å²) in [5.74, 6) is -2.38. The van der Waals surface area contributed by atoms with Crippen LogP contribution in [-0.4, -0.2) is 43.0 Å². The maximum Gasteiger partial charge on any atom is 0.573 e. The third-order valence-electron chi connectivity index (χ3n) is 3.33. The molecule has 1 atom stereocenters. The molecule has 152 valence electrons. The highest BCUT2D eigenvalue weighted by atomic mass is 32.1. The Morgan fingerprint density at radius 1 is 1.14 bits per heavy atom. The quantitative estimate of drug-likeness (QED) is 0.573. The Hall–Kier alpha value is -2.63. The van der Waals surface area contributed by atoms with Gasteiger partial charge in [-0.1, -0.05) is 0 Å².